The average molecular weight is 439 g/mol. The van der Waals surface area contributed by atoms with Gasteiger partial charge in [-0.2, -0.15) is 0 Å². The molecule has 1 aliphatic rings. The van der Waals surface area contributed by atoms with Gasteiger partial charge in [0.1, 0.15) is 11.6 Å². The lowest BCUT2D eigenvalue weighted by molar-refractivity contribution is 0.0997. The molecule has 3 rings (SSSR count). The molecule has 1 heterocycles. The number of nitrogens with one attached hydrogen (secondary N) is 1. The highest BCUT2D eigenvalue weighted by molar-refractivity contribution is 9.10. The number of anilines is 2. The molecule has 8 heteroatoms. The minimum Gasteiger partial charge on any atom is -0.383 e. The molecule has 0 bridgehead atoms. The summed E-state index contributed by atoms with van der Waals surface area (Å²) in [6.07, 6.45) is 0. The van der Waals surface area contributed by atoms with Crippen molar-refractivity contribution in [3.05, 3.63) is 58.1 Å². The fraction of sp³-hybridized carbons (Fsp3) is 0.316. The second kappa shape index (κ2) is 8.67. The van der Waals surface area contributed by atoms with Gasteiger partial charge >= 0.3 is 0 Å². The average Bonchev–Trinajstić information content (AvgIpc) is 2.62. The predicted molar refractivity (Wildman–Crippen MR) is 106 cm³/mol. The summed E-state index contributed by atoms with van der Waals surface area (Å²) in [5.74, 6) is -1.68. The zero-order chi connectivity index (χ0) is 19.4. The summed E-state index contributed by atoms with van der Waals surface area (Å²) < 4.78 is 27.5. The van der Waals surface area contributed by atoms with E-state index < -0.39 is 11.7 Å². The molecule has 0 radical (unpaired) electrons. The molecule has 1 fully saturated rings. The van der Waals surface area contributed by atoms with Crippen LogP contribution in [0.3, 0.4) is 0 Å². The number of primary amides is 1. The fourth-order valence-corrected chi connectivity index (χ4v) is 3.62. The maximum absolute atomic E-state index is 14.0. The number of carbonyl (C=O) groups is 1. The minimum atomic E-state index is -0.796. The molecule has 2 aromatic carbocycles. The van der Waals surface area contributed by atoms with Crippen molar-refractivity contribution in [3.8, 4) is 0 Å². The molecule has 2 aromatic rings. The van der Waals surface area contributed by atoms with Gasteiger partial charge in [-0.3, -0.25) is 9.69 Å². The van der Waals surface area contributed by atoms with E-state index in [-0.39, 0.29) is 11.4 Å². The number of piperazine rings is 1. The Hall–Kier alpha value is -2.19. The Morgan fingerprint density at radius 3 is 2.41 bits per heavy atom. The lowest BCUT2D eigenvalue weighted by Gasteiger charge is -2.36. The van der Waals surface area contributed by atoms with Crippen LogP contribution in [0.1, 0.15) is 10.4 Å². The summed E-state index contributed by atoms with van der Waals surface area (Å²) in [6.45, 7) is 4.76. The third-order valence-corrected chi connectivity index (χ3v) is 5.07. The molecule has 144 valence electrons. The van der Waals surface area contributed by atoms with E-state index in [4.69, 9.17) is 5.73 Å². The normalized spacial score (nSPS) is 15.0. The number of nitrogens with two attached hydrogens (primary N) is 1. The Bertz CT molecular complexity index is 808. The highest BCUT2D eigenvalue weighted by Crippen LogP contribution is 2.24. The topological polar surface area (TPSA) is 61.6 Å². The number of hydrogen-bond donors (Lipinski definition) is 2. The van der Waals surface area contributed by atoms with Gasteiger partial charge in [0.25, 0.3) is 5.91 Å². The van der Waals surface area contributed by atoms with E-state index in [1.54, 1.807) is 18.2 Å². The first-order valence-corrected chi connectivity index (χ1v) is 9.49. The van der Waals surface area contributed by atoms with E-state index in [9.17, 15) is 13.6 Å². The molecule has 0 saturated carbocycles. The highest BCUT2D eigenvalue weighted by Gasteiger charge is 2.18. The van der Waals surface area contributed by atoms with Crippen molar-refractivity contribution in [2.45, 2.75) is 0 Å². The molecule has 0 unspecified atom stereocenters. The Morgan fingerprint density at radius 2 is 1.78 bits per heavy atom. The van der Waals surface area contributed by atoms with Crippen LogP contribution in [0.4, 0.5) is 20.2 Å². The van der Waals surface area contributed by atoms with Crippen molar-refractivity contribution in [1.29, 1.82) is 0 Å². The lowest BCUT2D eigenvalue weighted by Crippen LogP contribution is -2.47. The van der Waals surface area contributed by atoms with Gasteiger partial charge in [-0.1, -0.05) is 15.9 Å². The van der Waals surface area contributed by atoms with Gasteiger partial charge < -0.3 is 16.0 Å². The number of nitrogens with zero attached hydrogens (tertiary/aromatic N) is 2. The number of carbonyl (C=O) groups excluding carboxylic acids is 1. The quantitative estimate of drug-likeness (QED) is 0.727. The fourth-order valence-electron chi connectivity index (χ4n) is 3.19. The molecule has 5 nitrogen and oxygen atoms in total. The van der Waals surface area contributed by atoms with Crippen LogP contribution < -0.4 is 16.0 Å². The van der Waals surface area contributed by atoms with Crippen LogP contribution in [-0.2, 0) is 0 Å². The summed E-state index contributed by atoms with van der Waals surface area (Å²) in [5, 5.41) is 3.10. The molecule has 27 heavy (non-hydrogen) atoms. The minimum absolute atomic E-state index is 0.126. The summed E-state index contributed by atoms with van der Waals surface area (Å²) in [5.41, 5.74) is 6.57. The van der Waals surface area contributed by atoms with E-state index in [0.717, 1.165) is 38.4 Å². The Labute approximate surface area is 165 Å². The van der Waals surface area contributed by atoms with Crippen LogP contribution in [0.5, 0.6) is 0 Å². The van der Waals surface area contributed by atoms with E-state index in [1.165, 1.54) is 18.2 Å². The van der Waals surface area contributed by atoms with E-state index in [2.05, 4.69) is 31.0 Å². The van der Waals surface area contributed by atoms with Crippen molar-refractivity contribution >= 4 is 33.2 Å². The Kier molecular flexibility index (Phi) is 6.28. The molecule has 3 N–H and O–H groups in total. The summed E-state index contributed by atoms with van der Waals surface area (Å²) >= 11 is 3.23. The van der Waals surface area contributed by atoms with Gasteiger partial charge in [-0.15, -0.1) is 0 Å². The summed E-state index contributed by atoms with van der Waals surface area (Å²) in [7, 11) is 0. The molecule has 0 aliphatic carbocycles. The van der Waals surface area contributed by atoms with Gasteiger partial charge in [-0.25, -0.2) is 8.78 Å². The monoisotopic (exact) mass is 438 g/mol. The first-order valence-electron chi connectivity index (χ1n) is 8.69. The van der Waals surface area contributed by atoms with E-state index >= 15 is 0 Å². The molecular weight excluding hydrogens is 418 g/mol. The second-order valence-electron chi connectivity index (χ2n) is 6.41. The number of rotatable bonds is 6. The van der Waals surface area contributed by atoms with Gasteiger partial charge in [0.2, 0.25) is 0 Å². The molecule has 1 amide bonds. The number of benzene rings is 2. The number of halogens is 3. The zero-order valence-corrected chi connectivity index (χ0v) is 16.3. The summed E-state index contributed by atoms with van der Waals surface area (Å²) in [4.78, 5) is 16.0. The smallest absolute Gasteiger partial charge is 0.253 e. The maximum atomic E-state index is 14.0. The van der Waals surface area contributed by atoms with Crippen molar-refractivity contribution in [2.24, 2.45) is 5.73 Å². The number of amides is 1. The molecular formula is C19H21BrF2N4O. The van der Waals surface area contributed by atoms with Crippen molar-refractivity contribution in [1.82, 2.24) is 4.90 Å². The van der Waals surface area contributed by atoms with Crippen LogP contribution in [-0.4, -0.2) is 50.1 Å². The predicted octanol–water partition coefficient (Wildman–Crippen LogP) is 3.06. The first kappa shape index (κ1) is 19.6. The van der Waals surface area contributed by atoms with Gasteiger partial charge in [-0.05, 0) is 36.4 Å². The van der Waals surface area contributed by atoms with Gasteiger partial charge in [0, 0.05) is 49.4 Å². The van der Waals surface area contributed by atoms with Crippen LogP contribution in [0, 0.1) is 11.6 Å². The lowest BCUT2D eigenvalue weighted by atomic mass is 10.1. The highest BCUT2D eigenvalue weighted by atomic mass is 79.9. The van der Waals surface area contributed by atoms with E-state index in [0.29, 0.717) is 16.7 Å². The third kappa shape index (κ3) is 4.95. The van der Waals surface area contributed by atoms with Crippen LogP contribution in [0.2, 0.25) is 0 Å². The van der Waals surface area contributed by atoms with Crippen LogP contribution in [0.25, 0.3) is 0 Å². The van der Waals surface area contributed by atoms with Gasteiger partial charge in [0.15, 0.2) is 0 Å². The third-order valence-electron chi connectivity index (χ3n) is 4.61. The van der Waals surface area contributed by atoms with Crippen LogP contribution in [0.15, 0.2) is 40.9 Å². The van der Waals surface area contributed by atoms with Crippen molar-refractivity contribution in [3.63, 3.8) is 0 Å². The SMILES string of the molecule is NC(=O)c1c(F)cc(Br)cc1NCCN1CCN(c2ccc(F)cc2)CC1. The van der Waals surface area contributed by atoms with Crippen molar-refractivity contribution in [2.75, 3.05) is 49.5 Å². The molecule has 1 aliphatic heterocycles. The maximum Gasteiger partial charge on any atom is 0.253 e. The Balaban J connectivity index is 1.51. The first-order chi connectivity index (χ1) is 12.9. The van der Waals surface area contributed by atoms with Crippen LogP contribution >= 0.6 is 15.9 Å². The molecule has 0 atom stereocenters. The second-order valence-corrected chi connectivity index (χ2v) is 7.32. The van der Waals surface area contributed by atoms with E-state index in [1.807, 2.05) is 0 Å². The molecule has 0 aromatic heterocycles. The molecule has 1 saturated heterocycles. The van der Waals surface area contributed by atoms with Crippen molar-refractivity contribution < 1.29 is 13.6 Å². The largest absolute Gasteiger partial charge is 0.383 e. The standard InChI is InChI=1S/C19H21BrF2N4O/c20-13-11-16(22)18(19(23)27)17(12-13)24-5-6-25-7-9-26(10-8-25)15-3-1-14(21)2-4-15/h1-4,11-12,24H,5-10H2,(H2,23,27). The summed E-state index contributed by atoms with van der Waals surface area (Å²) in [6, 6.07) is 9.40. The zero-order valence-electron chi connectivity index (χ0n) is 14.7. The number of hydrogen-bond acceptors (Lipinski definition) is 4. The van der Waals surface area contributed by atoms with Gasteiger partial charge in [0.05, 0.1) is 11.3 Å². The Morgan fingerprint density at radius 1 is 1.11 bits per heavy atom. The molecule has 0 spiro atoms.